The van der Waals surface area contributed by atoms with E-state index in [0.717, 1.165) is 5.69 Å². The number of carbonyl (C=O) groups excluding carboxylic acids is 1. The van der Waals surface area contributed by atoms with Crippen LogP contribution in [0.15, 0.2) is 41.6 Å². The number of para-hydroxylation sites is 1. The van der Waals surface area contributed by atoms with Crippen molar-refractivity contribution in [3.05, 3.63) is 48.2 Å². The summed E-state index contributed by atoms with van der Waals surface area (Å²) in [6.07, 6.45) is 2.27. The average Bonchev–Trinajstić information content (AvgIpc) is 3.39. The fourth-order valence-corrected chi connectivity index (χ4v) is 4.93. The highest BCUT2D eigenvalue weighted by Crippen LogP contribution is 2.24. The Morgan fingerprint density at radius 2 is 1.90 bits per heavy atom. The Balaban J connectivity index is 1.34. The molecule has 1 aliphatic heterocycles. The zero-order valence-corrected chi connectivity index (χ0v) is 18.1. The second-order valence-electron chi connectivity index (χ2n) is 7.37. The van der Waals surface area contributed by atoms with Crippen molar-refractivity contribution in [1.29, 1.82) is 0 Å². The van der Waals surface area contributed by atoms with Gasteiger partial charge in [0, 0.05) is 26.3 Å². The molecule has 11 nitrogen and oxygen atoms in total. The third kappa shape index (κ3) is 4.35. The number of esters is 1. The quantitative estimate of drug-likeness (QED) is 0.511. The summed E-state index contributed by atoms with van der Waals surface area (Å²) in [5.74, 6) is 0.270. The highest BCUT2D eigenvalue weighted by molar-refractivity contribution is 7.89. The first-order valence-corrected chi connectivity index (χ1v) is 11.3. The average molecular weight is 446 g/mol. The van der Waals surface area contributed by atoms with Crippen LogP contribution in [-0.4, -0.2) is 61.5 Å². The zero-order chi connectivity index (χ0) is 22.0. The van der Waals surface area contributed by atoms with E-state index in [1.165, 1.54) is 15.2 Å². The Bertz CT molecular complexity index is 1150. The number of aromatic nitrogens is 6. The van der Waals surface area contributed by atoms with E-state index in [1.54, 1.807) is 18.5 Å². The predicted octanol–water partition coefficient (Wildman–Crippen LogP) is 0.848. The molecule has 3 heterocycles. The highest BCUT2D eigenvalue weighted by Gasteiger charge is 2.34. The van der Waals surface area contributed by atoms with E-state index in [2.05, 4.69) is 20.5 Å². The molecule has 2 aromatic heterocycles. The lowest BCUT2D eigenvalue weighted by molar-refractivity contribution is -0.151. The van der Waals surface area contributed by atoms with E-state index in [0.29, 0.717) is 24.5 Å². The molecule has 0 aliphatic carbocycles. The standard InChI is InChI=1S/C19H23N7O4S/c1-14-20-18(12-24(14)2)31(28,29)25-10-8-15(9-11-25)19(27)30-13-17-21-22-23-26(17)16-6-4-3-5-7-16/h3-7,12,15H,8-11,13H2,1-2H3. The molecule has 3 aromatic rings. The number of carbonyl (C=O) groups is 1. The summed E-state index contributed by atoms with van der Waals surface area (Å²) in [5.41, 5.74) is 0.766. The Morgan fingerprint density at radius 3 is 2.55 bits per heavy atom. The summed E-state index contributed by atoms with van der Waals surface area (Å²) in [4.78, 5) is 16.7. The molecule has 0 atom stereocenters. The van der Waals surface area contributed by atoms with Crippen molar-refractivity contribution in [2.75, 3.05) is 13.1 Å². The van der Waals surface area contributed by atoms with Gasteiger partial charge < -0.3 is 9.30 Å². The Labute approximate surface area is 179 Å². The molecule has 0 unspecified atom stereocenters. The lowest BCUT2D eigenvalue weighted by Gasteiger charge is -2.29. The van der Waals surface area contributed by atoms with Crippen molar-refractivity contribution in [2.45, 2.75) is 31.4 Å². The summed E-state index contributed by atoms with van der Waals surface area (Å²) < 4.78 is 35.6. The van der Waals surface area contributed by atoms with Crippen LogP contribution in [0.1, 0.15) is 24.5 Å². The fourth-order valence-electron chi connectivity index (χ4n) is 3.43. The van der Waals surface area contributed by atoms with Crippen molar-refractivity contribution in [3.63, 3.8) is 0 Å². The summed E-state index contributed by atoms with van der Waals surface area (Å²) in [6.45, 7) is 2.15. The molecule has 12 heteroatoms. The monoisotopic (exact) mass is 445 g/mol. The maximum Gasteiger partial charge on any atom is 0.309 e. The minimum absolute atomic E-state index is 0.0290. The molecule has 1 fully saturated rings. The molecule has 0 saturated carbocycles. The van der Waals surface area contributed by atoms with Gasteiger partial charge in [0.05, 0.1) is 11.6 Å². The van der Waals surface area contributed by atoms with Gasteiger partial charge in [-0.25, -0.2) is 13.4 Å². The summed E-state index contributed by atoms with van der Waals surface area (Å²) >= 11 is 0. The van der Waals surface area contributed by atoms with E-state index < -0.39 is 10.0 Å². The van der Waals surface area contributed by atoms with E-state index in [1.807, 2.05) is 30.3 Å². The van der Waals surface area contributed by atoms with Crippen molar-refractivity contribution in [2.24, 2.45) is 13.0 Å². The molecule has 0 spiro atoms. The number of sulfonamides is 1. The number of benzene rings is 1. The summed E-state index contributed by atoms with van der Waals surface area (Å²) in [6, 6.07) is 9.30. The van der Waals surface area contributed by atoms with E-state index in [9.17, 15) is 13.2 Å². The fraction of sp³-hybridized carbons (Fsp3) is 0.421. The highest BCUT2D eigenvalue weighted by atomic mass is 32.2. The number of ether oxygens (including phenoxy) is 1. The second-order valence-corrected chi connectivity index (χ2v) is 9.25. The van der Waals surface area contributed by atoms with Crippen molar-refractivity contribution in [1.82, 2.24) is 34.1 Å². The van der Waals surface area contributed by atoms with E-state index >= 15 is 0 Å². The molecule has 0 radical (unpaired) electrons. The molecular formula is C19H23N7O4S. The van der Waals surface area contributed by atoms with Crippen LogP contribution in [0.4, 0.5) is 0 Å². The minimum atomic E-state index is -3.68. The van der Waals surface area contributed by atoms with Crippen molar-refractivity contribution >= 4 is 16.0 Å². The number of nitrogens with zero attached hydrogens (tertiary/aromatic N) is 7. The topological polar surface area (TPSA) is 125 Å². The van der Waals surface area contributed by atoms with Crippen LogP contribution in [-0.2, 0) is 33.2 Å². The molecule has 1 aliphatic rings. The molecule has 164 valence electrons. The lowest BCUT2D eigenvalue weighted by Crippen LogP contribution is -2.40. The summed E-state index contributed by atoms with van der Waals surface area (Å²) in [5, 5.41) is 11.5. The van der Waals surface area contributed by atoms with Crippen LogP contribution in [0.5, 0.6) is 0 Å². The number of rotatable bonds is 6. The number of tetrazole rings is 1. The Kier molecular flexibility index (Phi) is 5.83. The second kappa shape index (κ2) is 8.55. The van der Waals surface area contributed by atoms with Gasteiger partial charge >= 0.3 is 5.97 Å². The first-order valence-electron chi connectivity index (χ1n) is 9.85. The van der Waals surface area contributed by atoms with Gasteiger partial charge in [0.15, 0.2) is 17.5 Å². The molecule has 4 rings (SSSR count). The molecule has 1 saturated heterocycles. The van der Waals surface area contributed by atoms with Crippen LogP contribution >= 0.6 is 0 Å². The molecular weight excluding hydrogens is 422 g/mol. The van der Waals surface area contributed by atoms with Gasteiger partial charge in [0.25, 0.3) is 10.0 Å². The largest absolute Gasteiger partial charge is 0.457 e. The third-order valence-corrected chi connectivity index (χ3v) is 7.13. The maximum absolute atomic E-state index is 12.8. The van der Waals surface area contributed by atoms with Gasteiger partial charge in [-0.3, -0.25) is 4.79 Å². The first kappa shape index (κ1) is 21.1. The van der Waals surface area contributed by atoms with Crippen LogP contribution in [0, 0.1) is 12.8 Å². The smallest absolute Gasteiger partial charge is 0.309 e. The molecule has 1 aromatic carbocycles. The Hall–Kier alpha value is -3.12. The number of imidazole rings is 1. The van der Waals surface area contributed by atoms with Crippen molar-refractivity contribution < 1.29 is 17.9 Å². The molecule has 0 bridgehead atoms. The van der Waals surface area contributed by atoms with E-state index in [4.69, 9.17) is 4.74 Å². The molecule has 31 heavy (non-hydrogen) atoms. The molecule has 0 amide bonds. The Morgan fingerprint density at radius 1 is 1.19 bits per heavy atom. The number of hydrogen-bond acceptors (Lipinski definition) is 8. The number of aryl methyl sites for hydroxylation is 2. The number of piperidine rings is 1. The molecule has 0 N–H and O–H groups in total. The van der Waals surface area contributed by atoms with Gasteiger partial charge in [-0.05, 0) is 42.3 Å². The third-order valence-electron chi connectivity index (χ3n) is 5.36. The van der Waals surface area contributed by atoms with Gasteiger partial charge in [-0.1, -0.05) is 18.2 Å². The van der Waals surface area contributed by atoms with Crippen LogP contribution in [0.3, 0.4) is 0 Å². The summed E-state index contributed by atoms with van der Waals surface area (Å²) in [7, 11) is -1.93. The predicted molar refractivity (Wildman–Crippen MR) is 108 cm³/mol. The van der Waals surface area contributed by atoms with Gasteiger partial charge in [-0.2, -0.15) is 8.99 Å². The minimum Gasteiger partial charge on any atom is -0.457 e. The zero-order valence-electron chi connectivity index (χ0n) is 17.2. The van der Waals surface area contributed by atoms with Gasteiger partial charge in [-0.15, -0.1) is 5.10 Å². The van der Waals surface area contributed by atoms with Gasteiger partial charge in [0.1, 0.15) is 5.82 Å². The normalized spacial score (nSPS) is 15.8. The van der Waals surface area contributed by atoms with Crippen LogP contribution in [0.2, 0.25) is 0 Å². The van der Waals surface area contributed by atoms with Gasteiger partial charge in [0.2, 0.25) is 0 Å². The first-order chi connectivity index (χ1) is 14.9. The number of hydrogen-bond donors (Lipinski definition) is 0. The van der Waals surface area contributed by atoms with Crippen LogP contribution < -0.4 is 0 Å². The lowest BCUT2D eigenvalue weighted by atomic mass is 9.98. The maximum atomic E-state index is 12.8. The van der Waals surface area contributed by atoms with Crippen LogP contribution in [0.25, 0.3) is 5.69 Å². The van der Waals surface area contributed by atoms with Crippen molar-refractivity contribution in [3.8, 4) is 5.69 Å². The van der Waals surface area contributed by atoms with E-state index in [-0.39, 0.29) is 36.6 Å². The SMILES string of the molecule is Cc1nc(S(=O)(=O)N2CCC(C(=O)OCc3nnnn3-c3ccccc3)CC2)cn1C.